The molecule has 0 heterocycles. The first-order valence-corrected chi connectivity index (χ1v) is 5.28. The summed E-state index contributed by atoms with van der Waals surface area (Å²) in [5.41, 5.74) is -0.625. The maximum Gasteiger partial charge on any atom is 0.458 e. The van der Waals surface area contributed by atoms with E-state index in [1.807, 2.05) is 19.9 Å². The molecule has 0 aliphatic heterocycles. The van der Waals surface area contributed by atoms with Gasteiger partial charge in [-0.15, -0.1) is 0 Å². The van der Waals surface area contributed by atoms with Crippen LogP contribution in [0.25, 0.3) is 0 Å². The third-order valence-electron chi connectivity index (χ3n) is 2.63. The van der Waals surface area contributed by atoms with Gasteiger partial charge in [-0.2, -0.15) is 0 Å². The van der Waals surface area contributed by atoms with Crippen LogP contribution in [0.5, 0.6) is 0 Å². The summed E-state index contributed by atoms with van der Waals surface area (Å²) in [7, 11) is -0.874. The lowest BCUT2D eigenvalue weighted by molar-refractivity contribution is -0.0996. The van der Waals surface area contributed by atoms with Crippen molar-refractivity contribution in [3.63, 3.8) is 0 Å². The molecule has 0 amide bonds. The Morgan fingerprint density at radius 1 is 1.27 bits per heavy atom. The van der Waals surface area contributed by atoms with E-state index in [-0.39, 0.29) is 0 Å². The molecule has 0 aromatic rings. The van der Waals surface area contributed by atoms with Gasteiger partial charge in [0.25, 0.3) is 0 Å². The summed E-state index contributed by atoms with van der Waals surface area (Å²) >= 11 is 0. The predicted molar refractivity (Wildman–Crippen MR) is 63.7 cm³/mol. The Balaban J connectivity index is 4.29. The SMILES string of the molecule is CC(C)=CCB(O)OC(C)(C)C(C)(C)O. The molecule has 0 spiro atoms. The second kappa shape index (κ2) is 5.15. The standard InChI is InChI=1S/C11H23BO3/c1-9(2)7-8-12(14)15-11(5,6)10(3,4)13/h7,13-14H,8H2,1-6H3. The van der Waals surface area contributed by atoms with Crippen LogP contribution in [0.1, 0.15) is 41.5 Å². The molecule has 0 aliphatic rings. The van der Waals surface area contributed by atoms with Crippen LogP contribution in [-0.2, 0) is 4.65 Å². The summed E-state index contributed by atoms with van der Waals surface area (Å²) in [6.45, 7) is 10.8. The van der Waals surface area contributed by atoms with E-state index in [0.29, 0.717) is 6.32 Å². The van der Waals surface area contributed by atoms with Crippen LogP contribution in [-0.4, -0.2) is 28.5 Å². The number of rotatable bonds is 5. The van der Waals surface area contributed by atoms with Gasteiger partial charge in [0.1, 0.15) is 0 Å². The van der Waals surface area contributed by atoms with Crippen molar-refractivity contribution in [2.75, 3.05) is 0 Å². The molecule has 0 unspecified atom stereocenters. The highest BCUT2D eigenvalue weighted by Crippen LogP contribution is 2.25. The lowest BCUT2D eigenvalue weighted by atomic mass is 9.80. The Bertz CT molecular complexity index is 224. The monoisotopic (exact) mass is 214 g/mol. The van der Waals surface area contributed by atoms with Crippen LogP contribution in [0.2, 0.25) is 6.32 Å². The number of aliphatic hydroxyl groups is 1. The van der Waals surface area contributed by atoms with Gasteiger partial charge in [-0.3, -0.25) is 0 Å². The molecule has 0 radical (unpaired) electrons. The van der Waals surface area contributed by atoms with Crippen LogP contribution in [0.4, 0.5) is 0 Å². The minimum absolute atomic E-state index is 0.446. The van der Waals surface area contributed by atoms with Gasteiger partial charge in [-0.05, 0) is 41.5 Å². The average Bonchev–Trinajstić information content (AvgIpc) is 1.97. The van der Waals surface area contributed by atoms with Crippen LogP contribution in [0, 0.1) is 0 Å². The number of hydrogen-bond acceptors (Lipinski definition) is 3. The van der Waals surface area contributed by atoms with Gasteiger partial charge >= 0.3 is 7.12 Å². The normalized spacial score (nSPS) is 12.5. The third-order valence-corrected chi connectivity index (χ3v) is 2.63. The molecule has 0 aliphatic carbocycles. The first kappa shape index (κ1) is 14.7. The van der Waals surface area contributed by atoms with Crippen molar-refractivity contribution in [1.82, 2.24) is 0 Å². The average molecular weight is 214 g/mol. The highest BCUT2D eigenvalue weighted by atomic mass is 16.5. The zero-order chi connectivity index (χ0) is 12.3. The van der Waals surface area contributed by atoms with E-state index in [4.69, 9.17) is 4.65 Å². The van der Waals surface area contributed by atoms with Crippen molar-refractivity contribution < 1.29 is 14.8 Å². The lowest BCUT2D eigenvalue weighted by Gasteiger charge is -2.38. The van der Waals surface area contributed by atoms with Gasteiger partial charge in [-0.1, -0.05) is 11.6 Å². The zero-order valence-corrected chi connectivity index (χ0v) is 10.7. The molecular weight excluding hydrogens is 191 g/mol. The second-order valence-electron chi connectivity index (χ2n) is 5.16. The maximum absolute atomic E-state index is 9.82. The Morgan fingerprint density at radius 2 is 1.73 bits per heavy atom. The molecule has 0 saturated carbocycles. The highest BCUT2D eigenvalue weighted by molar-refractivity contribution is 6.43. The van der Waals surface area contributed by atoms with Crippen LogP contribution in [0.15, 0.2) is 11.6 Å². The molecule has 0 aromatic heterocycles. The molecular formula is C11H23BO3. The fourth-order valence-electron chi connectivity index (χ4n) is 0.869. The van der Waals surface area contributed by atoms with E-state index in [0.717, 1.165) is 5.57 Å². The summed E-state index contributed by atoms with van der Waals surface area (Å²) in [6.07, 6.45) is 2.35. The van der Waals surface area contributed by atoms with Gasteiger partial charge in [0.15, 0.2) is 0 Å². The predicted octanol–water partition coefficient (Wildman–Crippen LogP) is 2.00. The Hall–Kier alpha value is -0.315. The van der Waals surface area contributed by atoms with Crippen molar-refractivity contribution >= 4 is 7.12 Å². The van der Waals surface area contributed by atoms with Gasteiger partial charge in [0.2, 0.25) is 0 Å². The van der Waals surface area contributed by atoms with E-state index in [1.54, 1.807) is 27.7 Å². The van der Waals surface area contributed by atoms with Gasteiger partial charge in [0, 0.05) is 6.32 Å². The summed E-state index contributed by atoms with van der Waals surface area (Å²) in [5, 5.41) is 19.4. The minimum Gasteiger partial charge on any atom is -0.427 e. The highest BCUT2D eigenvalue weighted by Gasteiger charge is 2.38. The van der Waals surface area contributed by atoms with E-state index in [2.05, 4.69) is 0 Å². The van der Waals surface area contributed by atoms with E-state index >= 15 is 0 Å². The smallest absolute Gasteiger partial charge is 0.427 e. The minimum atomic E-state index is -0.987. The summed E-state index contributed by atoms with van der Waals surface area (Å²) < 4.78 is 5.41. The largest absolute Gasteiger partial charge is 0.458 e. The van der Waals surface area contributed by atoms with Crippen molar-refractivity contribution in [3.05, 3.63) is 11.6 Å². The summed E-state index contributed by atoms with van der Waals surface area (Å²) in [6, 6.07) is 0. The third kappa shape index (κ3) is 5.35. The first-order chi connectivity index (χ1) is 6.56. The van der Waals surface area contributed by atoms with Gasteiger partial charge in [-0.25, -0.2) is 0 Å². The molecule has 88 valence electrons. The second-order valence-corrected chi connectivity index (χ2v) is 5.16. The Kier molecular flexibility index (Phi) is 5.04. The Morgan fingerprint density at radius 3 is 2.07 bits per heavy atom. The molecule has 4 heteroatoms. The molecule has 2 N–H and O–H groups in total. The number of hydrogen-bond donors (Lipinski definition) is 2. The Labute approximate surface area is 93.3 Å². The fourth-order valence-corrected chi connectivity index (χ4v) is 0.869. The van der Waals surface area contributed by atoms with Crippen molar-refractivity contribution in [3.8, 4) is 0 Å². The topological polar surface area (TPSA) is 49.7 Å². The zero-order valence-electron chi connectivity index (χ0n) is 10.7. The van der Waals surface area contributed by atoms with Gasteiger partial charge in [0.05, 0.1) is 11.2 Å². The number of allylic oxidation sites excluding steroid dienone is 2. The molecule has 0 bridgehead atoms. The van der Waals surface area contributed by atoms with E-state index in [9.17, 15) is 10.1 Å². The molecule has 0 atom stereocenters. The van der Waals surface area contributed by atoms with Gasteiger partial charge < -0.3 is 14.8 Å². The molecule has 0 rings (SSSR count). The fraction of sp³-hybridized carbons (Fsp3) is 0.818. The van der Waals surface area contributed by atoms with Crippen molar-refractivity contribution in [2.45, 2.75) is 59.1 Å². The first-order valence-electron chi connectivity index (χ1n) is 5.28. The van der Waals surface area contributed by atoms with E-state index < -0.39 is 18.3 Å². The summed E-state index contributed by atoms with van der Waals surface area (Å²) in [5.74, 6) is 0. The molecule has 0 saturated heterocycles. The molecule has 0 aromatic carbocycles. The molecule has 0 fully saturated rings. The maximum atomic E-state index is 9.82. The van der Waals surface area contributed by atoms with Crippen LogP contribution in [0.3, 0.4) is 0 Å². The lowest BCUT2D eigenvalue weighted by Crippen LogP contribution is -2.50. The quantitative estimate of drug-likeness (QED) is 0.543. The van der Waals surface area contributed by atoms with Crippen molar-refractivity contribution in [2.24, 2.45) is 0 Å². The molecule has 15 heavy (non-hydrogen) atoms. The summed E-state index contributed by atoms with van der Waals surface area (Å²) in [4.78, 5) is 0. The van der Waals surface area contributed by atoms with Crippen LogP contribution < -0.4 is 0 Å². The van der Waals surface area contributed by atoms with Crippen molar-refractivity contribution in [1.29, 1.82) is 0 Å². The van der Waals surface area contributed by atoms with Crippen LogP contribution >= 0.6 is 0 Å². The van der Waals surface area contributed by atoms with E-state index in [1.165, 1.54) is 0 Å². The molecule has 3 nitrogen and oxygen atoms in total.